The summed E-state index contributed by atoms with van der Waals surface area (Å²) in [5.74, 6) is -5.04. The fraction of sp³-hybridized carbons (Fsp3) is 0.368. The highest BCUT2D eigenvalue weighted by atomic mass is 35.5. The fourth-order valence-corrected chi connectivity index (χ4v) is 3.71. The normalized spacial score (nSPS) is 15.8. The van der Waals surface area contributed by atoms with Crippen molar-refractivity contribution in [1.29, 1.82) is 0 Å². The molecular weight excluding hydrogens is 459 g/mol. The minimum atomic E-state index is -5.68. The molecule has 0 aliphatic carbocycles. The number of aryl methyl sites for hydroxylation is 1. The molecule has 0 unspecified atom stereocenters. The van der Waals surface area contributed by atoms with Crippen LogP contribution in [0.4, 0.5) is 33.6 Å². The number of halogens is 6. The lowest BCUT2D eigenvalue weighted by Gasteiger charge is -2.19. The Kier molecular flexibility index (Phi) is 4.85. The SMILES string of the molecule is CC1(C)C(=O)Nc2nc(-c3nn(CCC(F)(F)C(F)(F)F)c4cc(Cl)ccc34)nc(N)c21. The van der Waals surface area contributed by atoms with Gasteiger partial charge in [0, 0.05) is 23.4 Å². The topological polar surface area (TPSA) is 98.7 Å². The first kappa shape index (κ1) is 22.2. The number of rotatable bonds is 4. The molecule has 3 heterocycles. The summed E-state index contributed by atoms with van der Waals surface area (Å²) in [5.41, 5.74) is 5.82. The van der Waals surface area contributed by atoms with Gasteiger partial charge in [0.1, 0.15) is 17.3 Å². The van der Waals surface area contributed by atoms with E-state index in [1.165, 1.54) is 18.2 Å². The monoisotopic (exact) mass is 474 g/mol. The maximum absolute atomic E-state index is 13.5. The summed E-state index contributed by atoms with van der Waals surface area (Å²) in [6.07, 6.45) is -7.20. The van der Waals surface area contributed by atoms with Gasteiger partial charge in [-0.3, -0.25) is 9.48 Å². The summed E-state index contributed by atoms with van der Waals surface area (Å²) in [6, 6.07) is 4.42. The minimum Gasteiger partial charge on any atom is -0.383 e. The number of nitrogens with one attached hydrogen (secondary N) is 1. The van der Waals surface area contributed by atoms with Crippen molar-refractivity contribution in [3.05, 3.63) is 28.8 Å². The highest BCUT2D eigenvalue weighted by molar-refractivity contribution is 6.31. The zero-order valence-electron chi connectivity index (χ0n) is 16.7. The van der Waals surface area contributed by atoms with Gasteiger partial charge < -0.3 is 11.1 Å². The zero-order valence-corrected chi connectivity index (χ0v) is 17.4. The highest BCUT2D eigenvalue weighted by Gasteiger charge is 2.56. The van der Waals surface area contributed by atoms with Gasteiger partial charge in [-0.2, -0.15) is 27.1 Å². The Morgan fingerprint density at radius 3 is 2.53 bits per heavy atom. The van der Waals surface area contributed by atoms with Crippen LogP contribution in [0, 0.1) is 0 Å². The molecular formula is C19H16ClF5N6O. The number of carbonyl (C=O) groups excluding carboxylic acids is 1. The second-order valence-corrected chi connectivity index (χ2v) is 8.36. The number of anilines is 2. The van der Waals surface area contributed by atoms with Crippen LogP contribution in [0.1, 0.15) is 25.8 Å². The lowest BCUT2D eigenvalue weighted by atomic mass is 9.87. The molecule has 0 bridgehead atoms. The second-order valence-electron chi connectivity index (χ2n) is 7.92. The third-order valence-electron chi connectivity index (χ3n) is 5.34. The van der Waals surface area contributed by atoms with Crippen LogP contribution in [0.5, 0.6) is 0 Å². The Morgan fingerprint density at radius 2 is 1.88 bits per heavy atom. The summed E-state index contributed by atoms with van der Waals surface area (Å²) in [6.45, 7) is 2.56. The number of fused-ring (bicyclic) bond motifs is 2. The second kappa shape index (κ2) is 6.99. The molecule has 3 aromatic rings. The predicted octanol–water partition coefficient (Wildman–Crippen LogP) is 4.55. The molecule has 1 amide bonds. The molecule has 0 atom stereocenters. The van der Waals surface area contributed by atoms with Gasteiger partial charge in [0.2, 0.25) is 5.91 Å². The van der Waals surface area contributed by atoms with Crippen molar-refractivity contribution in [3.8, 4) is 11.5 Å². The van der Waals surface area contributed by atoms with E-state index in [1.807, 2.05) is 0 Å². The summed E-state index contributed by atoms with van der Waals surface area (Å²) in [7, 11) is 0. The summed E-state index contributed by atoms with van der Waals surface area (Å²) >= 11 is 5.99. The van der Waals surface area contributed by atoms with Crippen molar-refractivity contribution in [1.82, 2.24) is 19.7 Å². The van der Waals surface area contributed by atoms with Crippen LogP contribution in [-0.4, -0.2) is 37.8 Å². The van der Waals surface area contributed by atoms with Crippen molar-refractivity contribution in [3.63, 3.8) is 0 Å². The van der Waals surface area contributed by atoms with Crippen molar-refractivity contribution >= 4 is 40.0 Å². The molecule has 4 rings (SSSR count). The van der Waals surface area contributed by atoms with Crippen molar-refractivity contribution in [2.75, 3.05) is 11.1 Å². The van der Waals surface area contributed by atoms with Crippen LogP contribution in [0.25, 0.3) is 22.4 Å². The number of amides is 1. The number of alkyl halides is 5. The summed E-state index contributed by atoms with van der Waals surface area (Å²) < 4.78 is 65.7. The number of hydrogen-bond acceptors (Lipinski definition) is 5. The third-order valence-corrected chi connectivity index (χ3v) is 5.57. The van der Waals surface area contributed by atoms with Crippen LogP contribution in [0.2, 0.25) is 5.02 Å². The zero-order chi connectivity index (χ0) is 23.6. The van der Waals surface area contributed by atoms with Gasteiger partial charge in [0.05, 0.1) is 16.5 Å². The van der Waals surface area contributed by atoms with Crippen LogP contribution in [0.15, 0.2) is 18.2 Å². The van der Waals surface area contributed by atoms with E-state index in [-0.39, 0.29) is 39.6 Å². The first-order valence-electron chi connectivity index (χ1n) is 9.33. The molecule has 0 radical (unpaired) electrons. The van der Waals surface area contributed by atoms with E-state index in [4.69, 9.17) is 17.3 Å². The molecule has 3 N–H and O–H groups in total. The van der Waals surface area contributed by atoms with Crippen LogP contribution < -0.4 is 11.1 Å². The third kappa shape index (κ3) is 3.42. The van der Waals surface area contributed by atoms with Crippen LogP contribution in [0.3, 0.4) is 0 Å². The van der Waals surface area contributed by atoms with E-state index in [1.54, 1.807) is 13.8 Å². The van der Waals surface area contributed by atoms with Crippen LogP contribution in [-0.2, 0) is 16.8 Å². The number of nitrogen functional groups attached to an aromatic ring is 1. The molecule has 1 aliphatic rings. The average Bonchev–Trinajstić information content (AvgIpc) is 3.13. The van der Waals surface area contributed by atoms with E-state index in [0.717, 1.165) is 4.68 Å². The Hall–Kier alpha value is -3.02. The van der Waals surface area contributed by atoms with Gasteiger partial charge in [-0.1, -0.05) is 11.6 Å². The molecule has 1 aromatic carbocycles. The molecule has 170 valence electrons. The Bertz CT molecular complexity index is 1250. The van der Waals surface area contributed by atoms with E-state index in [2.05, 4.69) is 20.4 Å². The van der Waals surface area contributed by atoms with E-state index in [9.17, 15) is 26.7 Å². The maximum atomic E-state index is 13.5. The molecule has 0 saturated carbocycles. The molecule has 0 saturated heterocycles. The van der Waals surface area contributed by atoms with Crippen molar-refractivity contribution < 1.29 is 26.7 Å². The number of hydrogen-bond donors (Lipinski definition) is 2. The predicted molar refractivity (Wildman–Crippen MR) is 107 cm³/mol. The lowest BCUT2D eigenvalue weighted by Crippen LogP contribution is -2.37. The molecule has 13 heteroatoms. The summed E-state index contributed by atoms with van der Waals surface area (Å²) in [4.78, 5) is 20.8. The minimum absolute atomic E-state index is 0.0205. The Morgan fingerprint density at radius 1 is 1.19 bits per heavy atom. The van der Waals surface area contributed by atoms with Gasteiger partial charge >= 0.3 is 12.1 Å². The molecule has 0 fully saturated rings. The first-order valence-corrected chi connectivity index (χ1v) is 9.70. The number of carbonyl (C=O) groups is 1. The number of nitrogens with zero attached hydrogens (tertiary/aromatic N) is 4. The largest absolute Gasteiger partial charge is 0.453 e. The van der Waals surface area contributed by atoms with E-state index in [0.29, 0.717) is 10.9 Å². The van der Waals surface area contributed by atoms with Gasteiger partial charge in [-0.05, 0) is 32.0 Å². The standard InChI is InChI=1S/C19H16ClF5N6O/c1-17(2)11-13(26)27-15(28-14(11)29-16(17)32)12-9-4-3-8(20)7-10(9)31(30-12)6-5-18(21,22)19(23,24)25/h3-4,7H,5-6H2,1-2H3,(H3,26,27,28,29,32). The van der Waals surface area contributed by atoms with E-state index >= 15 is 0 Å². The van der Waals surface area contributed by atoms with Crippen molar-refractivity contribution in [2.45, 2.75) is 44.3 Å². The molecule has 0 spiro atoms. The van der Waals surface area contributed by atoms with Gasteiger partial charge in [0.25, 0.3) is 0 Å². The number of aromatic nitrogens is 4. The molecule has 1 aliphatic heterocycles. The van der Waals surface area contributed by atoms with Crippen LogP contribution >= 0.6 is 11.6 Å². The Labute approximate surface area is 182 Å². The molecule has 7 nitrogen and oxygen atoms in total. The summed E-state index contributed by atoms with van der Waals surface area (Å²) in [5, 5.41) is 7.39. The smallest absolute Gasteiger partial charge is 0.383 e. The quantitative estimate of drug-likeness (QED) is 0.541. The highest BCUT2D eigenvalue weighted by Crippen LogP contribution is 2.41. The molecule has 32 heavy (non-hydrogen) atoms. The van der Waals surface area contributed by atoms with Gasteiger partial charge in [-0.25, -0.2) is 9.97 Å². The fourth-order valence-electron chi connectivity index (χ4n) is 3.54. The average molecular weight is 475 g/mol. The van der Waals surface area contributed by atoms with E-state index < -0.39 is 30.5 Å². The Balaban J connectivity index is 1.81. The maximum Gasteiger partial charge on any atom is 0.453 e. The first-order chi connectivity index (χ1) is 14.7. The van der Waals surface area contributed by atoms with Gasteiger partial charge in [-0.15, -0.1) is 0 Å². The lowest BCUT2D eigenvalue weighted by molar-refractivity contribution is -0.285. The van der Waals surface area contributed by atoms with Gasteiger partial charge in [0.15, 0.2) is 5.82 Å². The molecule has 2 aromatic heterocycles. The number of benzene rings is 1. The number of nitrogens with two attached hydrogens (primary N) is 1. The van der Waals surface area contributed by atoms with Crippen molar-refractivity contribution in [2.24, 2.45) is 0 Å².